The highest BCUT2D eigenvalue weighted by Gasteiger charge is 2.31. The van der Waals surface area contributed by atoms with Crippen LogP contribution in [-0.4, -0.2) is 24.2 Å². The minimum absolute atomic E-state index is 0.158. The first-order chi connectivity index (χ1) is 11.8. The zero-order chi connectivity index (χ0) is 18.1. The minimum Gasteiger partial charge on any atom is -0.270 e. The maximum absolute atomic E-state index is 12.6. The van der Waals surface area contributed by atoms with Crippen LogP contribution in [0.5, 0.6) is 0 Å². The Morgan fingerprint density at radius 3 is 2.24 bits per heavy atom. The number of alkyl halides is 3. The molecule has 1 saturated carbocycles. The SMILES string of the molecule is O=S(=O)(NC1CCC(n2cccn2)CC1)c1ccc(C(F)(F)F)cc1. The van der Waals surface area contributed by atoms with Crippen LogP contribution in [0.1, 0.15) is 37.3 Å². The summed E-state index contributed by atoms with van der Waals surface area (Å²) in [6.07, 6.45) is 2.01. The molecule has 1 aromatic carbocycles. The fourth-order valence-electron chi connectivity index (χ4n) is 3.07. The van der Waals surface area contributed by atoms with Gasteiger partial charge in [-0.1, -0.05) is 0 Å². The van der Waals surface area contributed by atoms with E-state index in [1.54, 1.807) is 6.20 Å². The summed E-state index contributed by atoms with van der Waals surface area (Å²) < 4.78 is 66.9. The van der Waals surface area contributed by atoms with Crippen LogP contribution in [0, 0.1) is 0 Å². The molecule has 0 saturated heterocycles. The van der Waals surface area contributed by atoms with E-state index in [2.05, 4.69) is 9.82 Å². The minimum atomic E-state index is -4.49. The first-order valence-electron chi connectivity index (χ1n) is 7.94. The summed E-state index contributed by atoms with van der Waals surface area (Å²) in [6.45, 7) is 0. The van der Waals surface area contributed by atoms with Gasteiger partial charge in [0.1, 0.15) is 0 Å². The van der Waals surface area contributed by atoms with Gasteiger partial charge in [0, 0.05) is 18.4 Å². The lowest BCUT2D eigenvalue weighted by Gasteiger charge is -2.29. The van der Waals surface area contributed by atoms with Gasteiger partial charge in [0.25, 0.3) is 0 Å². The fourth-order valence-corrected chi connectivity index (χ4v) is 4.37. The summed E-state index contributed by atoms with van der Waals surface area (Å²) in [5, 5.41) is 4.20. The summed E-state index contributed by atoms with van der Waals surface area (Å²) in [5.41, 5.74) is -0.869. The van der Waals surface area contributed by atoms with Gasteiger partial charge in [0.2, 0.25) is 10.0 Å². The van der Waals surface area contributed by atoms with Crippen LogP contribution in [0.15, 0.2) is 47.6 Å². The van der Waals surface area contributed by atoms with E-state index < -0.39 is 21.8 Å². The Kier molecular flexibility index (Phi) is 4.88. The normalized spacial score (nSPS) is 22.0. The number of halogens is 3. The van der Waals surface area contributed by atoms with Gasteiger partial charge in [-0.15, -0.1) is 0 Å². The van der Waals surface area contributed by atoms with E-state index in [9.17, 15) is 21.6 Å². The Balaban J connectivity index is 1.62. The number of aromatic nitrogens is 2. The van der Waals surface area contributed by atoms with Crippen LogP contribution in [-0.2, 0) is 16.2 Å². The Morgan fingerprint density at radius 1 is 1.08 bits per heavy atom. The van der Waals surface area contributed by atoms with Crippen molar-refractivity contribution in [2.75, 3.05) is 0 Å². The quantitative estimate of drug-likeness (QED) is 0.894. The molecule has 0 spiro atoms. The molecule has 3 rings (SSSR count). The second-order valence-electron chi connectivity index (χ2n) is 6.13. The zero-order valence-corrected chi connectivity index (χ0v) is 14.1. The number of nitrogens with one attached hydrogen (secondary N) is 1. The summed E-state index contributed by atoms with van der Waals surface area (Å²) in [7, 11) is -3.83. The number of sulfonamides is 1. The van der Waals surface area contributed by atoms with Gasteiger partial charge in [0.05, 0.1) is 16.5 Å². The molecular weight excluding hydrogens is 355 g/mol. The number of hydrogen-bond acceptors (Lipinski definition) is 3. The van der Waals surface area contributed by atoms with Gasteiger partial charge >= 0.3 is 6.18 Å². The maximum atomic E-state index is 12.6. The van der Waals surface area contributed by atoms with Crippen LogP contribution in [0.25, 0.3) is 0 Å². The summed E-state index contributed by atoms with van der Waals surface area (Å²) in [6, 6.07) is 5.41. The van der Waals surface area contributed by atoms with Crippen molar-refractivity contribution < 1.29 is 21.6 Å². The van der Waals surface area contributed by atoms with E-state index in [1.807, 2.05) is 16.9 Å². The molecule has 0 atom stereocenters. The van der Waals surface area contributed by atoms with Crippen molar-refractivity contribution in [3.05, 3.63) is 48.3 Å². The molecule has 25 heavy (non-hydrogen) atoms. The number of hydrogen-bond donors (Lipinski definition) is 1. The van der Waals surface area contributed by atoms with Gasteiger partial charge in [-0.2, -0.15) is 18.3 Å². The molecule has 1 heterocycles. The van der Waals surface area contributed by atoms with Gasteiger partial charge in [-0.05, 0) is 56.0 Å². The average molecular weight is 373 g/mol. The molecule has 1 N–H and O–H groups in total. The van der Waals surface area contributed by atoms with Crippen LogP contribution in [0.4, 0.5) is 13.2 Å². The Hall–Kier alpha value is -1.87. The molecular formula is C16H18F3N3O2S. The lowest BCUT2D eigenvalue weighted by molar-refractivity contribution is -0.137. The van der Waals surface area contributed by atoms with Crippen molar-refractivity contribution in [3.8, 4) is 0 Å². The van der Waals surface area contributed by atoms with E-state index in [0.29, 0.717) is 12.8 Å². The molecule has 1 aromatic heterocycles. The summed E-state index contributed by atoms with van der Waals surface area (Å²) in [5.74, 6) is 0. The highest BCUT2D eigenvalue weighted by molar-refractivity contribution is 7.89. The van der Waals surface area contributed by atoms with Crippen molar-refractivity contribution in [1.82, 2.24) is 14.5 Å². The van der Waals surface area contributed by atoms with Crippen molar-refractivity contribution in [2.24, 2.45) is 0 Å². The molecule has 0 aliphatic heterocycles. The lowest BCUT2D eigenvalue weighted by atomic mass is 9.92. The maximum Gasteiger partial charge on any atom is 0.416 e. The van der Waals surface area contributed by atoms with E-state index in [4.69, 9.17) is 0 Å². The fraction of sp³-hybridized carbons (Fsp3) is 0.438. The van der Waals surface area contributed by atoms with Crippen LogP contribution in [0.3, 0.4) is 0 Å². The molecule has 0 bridgehead atoms. The van der Waals surface area contributed by atoms with Crippen molar-refractivity contribution >= 4 is 10.0 Å². The second kappa shape index (κ2) is 6.80. The predicted molar refractivity (Wildman–Crippen MR) is 85.3 cm³/mol. The molecule has 0 amide bonds. The van der Waals surface area contributed by atoms with Crippen molar-refractivity contribution in [1.29, 1.82) is 0 Å². The molecule has 0 unspecified atom stereocenters. The Bertz CT molecular complexity index is 794. The lowest BCUT2D eigenvalue weighted by Crippen LogP contribution is -2.38. The number of benzene rings is 1. The van der Waals surface area contributed by atoms with Crippen LogP contribution >= 0.6 is 0 Å². The van der Waals surface area contributed by atoms with Gasteiger partial charge < -0.3 is 0 Å². The molecule has 1 aliphatic carbocycles. The van der Waals surface area contributed by atoms with Crippen molar-refractivity contribution in [2.45, 2.75) is 48.8 Å². The molecule has 5 nitrogen and oxygen atoms in total. The van der Waals surface area contributed by atoms with Crippen molar-refractivity contribution in [3.63, 3.8) is 0 Å². The van der Waals surface area contributed by atoms with Crippen LogP contribution in [0.2, 0.25) is 0 Å². The summed E-state index contributed by atoms with van der Waals surface area (Å²) in [4.78, 5) is -0.158. The Labute approximate surface area is 143 Å². The standard InChI is InChI=1S/C16H18F3N3O2S/c17-16(18,19)12-2-8-15(9-3-12)25(23,24)21-13-4-6-14(7-5-13)22-11-1-10-20-22/h1-3,8-11,13-14,21H,4-7H2. The van der Waals surface area contributed by atoms with Gasteiger partial charge in [-0.25, -0.2) is 13.1 Å². The van der Waals surface area contributed by atoms with E-state index >= 15 is 0 Å². The first kappa shape index (κ1) is 17.9. The van der Waals surface area contributed by atoms with E-state index in [1.165, 1.54) is 0 Å². The smallest absolute Gasteiger partial charge is 0.270 e. The second-order valence-corrected chi connectivity index (χ2v) is 7.85. The highest BCUT2D eigenvalue weighted by atomic mass is 32.2. The molecule has 1 fully saturated rings. The monoisotopic (exact) mass is 373 g/mol. The van der Waals surface area contributed by atoms with E-state index in [0.717, 1.165) is 37.1 Å². The highest BCUT2D eigenvalue weighted by Crippen LogP contribution is 2.31. The molecule has 9 heteroatoms. The van der Waals surface area contributed by atoms with Crippen LogP contribution < -0.4 is 4.72 Å². The summed E-state index contributed by atoms with van der Waals surface area (Å²) >= 11 is 0. The Morgan fingerprint density at radius 2 is 1.72 bits per heavy atom. The van der Waals surface area contributed by atoms with Gasteiger partial charge in [-0.3, -0.25) is 4.68 Å². The molecule has 136 valence electrons. The number of rotatable bonds is 4. The van der Waals surface area contributed by atoms with Gasteiger partial charge in [0.15, 0.2) is 0 Å². The third-order valence-corrected chi connectivity index (χ3v) is 5.95. The molecule has 0 radical (unpaired) electrons. The van der Waals surface area contributed by atoms with E-state index in [-0.39, 0.29) is 17.0 Å². The predicted octanol–water partition coefficient (Wildman–Crippen LogP) is 3.36. The third-order valence-electron chi connectivity index (χ3n) is 4.41. The largest absolute Gasteiger partial charge is 0.416 e. The molecule has 2 aromatic rings. The first-order valence-corrected chi connectivity index (χ1v) is 9.43. The topological polar surface area (TPSA) is 64.0 Å². The number of nitrogens with zero attached hydrogens (tertiary/aromatic N) is 2. The zero-order valence-electron chi connectivity index (χ0n) is 13.3. The third kappa shape index (κ3) is 4.21. The molecule has 1 aliphatic rings. The average Bonchev–Trinajstić information content (AvgIpc) is 3.09.